The zero-order chi connectivity index (χ0) is 24.8. The minimum atomic E-state index is -0.592. The number of thioether (sulfide) groups is 1. The van der Waals surface area contributed by atoms with E-state index in [1.54, 1.807) is 18.9 Å². The summed E-state index contributed by atoms with van der Waals surface area (Å²) in [5, 5.41) is 12.3. The van der Waals surface area contributed by atoms with Gasteiger partial charge in [0.25, 0.3) is 0 Å². The lowest BCUT2D eigenvalue weighted by atomic mass is 9.91. The topological polar surface area (TPSA) is 77.0 Å². The van der Waals surface area contributed by atoms with E-state index in [4.69, 9.17) is 14.2 Å². The molecule has 0 aliphatic carbocycles. The molecule has 6 nitrogen and oxygen atoms in total. The molecule has 35 heavy (non-hydrogen) atoms. The SMILES string of the molecule is COc1ccccc1SC[C@@H]1O[C@H](c2cccc(NC(C)=O)c2)O[C@H](c2ccc(CO)cc2)[C@@H]1C. The van der Waals surface area contributed by atoms with Crippen LogP contribution in [0.4, 0.5) is 5.69 Å². The highest BCUT2D eigenvalue weighted by atomic mass is 32.2. The van der Waals surface area contributed by atoms with E-state index < -0.39 is 6.29 Å². The highest BCUT2D eigenvalue weighted by Gasteiger charge is 2.38. The highest BCUT2D eigenvalue weighted by molar-refractivity contribution is 7.99. The van der Waals surface area contributed by atoms with Gasteiger partial charge in [0.05, 0.1) is 25.9 Å². The smallest absolute Gasteiger partial charge is 0.221 e. The highest BCUT2D eigenvalue weighted by Crippen LogP contribution is 2.43. The number of hydrogen-bond donors (Lipinski definition) is 2. The fourth-order valence-corrected chi connectivity index (χ4v) is 5.38. The summed E-state index contributed by atoms with van der Waals surface area (Å²) in [4.78, 5) is 12.6. The van der Waals surface area contributed by atoms with Crippen molar-refractivity contribution in [1.29, 1.82) is 0 Å². The Hall–Kier alpha value is -2.84. The molecule has 0 unspecified atom stereocenters. The second-order valence-corrected chi connectivity index (χ2v) is 9.65. The summed E-state index contributed by atoms with van der Waals surface area (Å²) in [5.74, 6) is 1.51. The van der Waals surface area contributed by atoms with E-state index in [-0.39, 0.29) is 30.6 Å². The van der Waals surface area contributed by atoms with Crippen molar-refractivity contribution in [1.82, 2.24) is 0 Å². The van der Waals surface area contributed by atoms with Crippen molar-refractivity contribution >= 4 is 23.4 Å². The first-order valence-corrected chi connectivity index (χ1v) is 12.6. The van der Waals surface area contributed by atoms with Gasteiger partial charge in [-0.1, -0.05) is 55.5 Å². The van der Waals surface area contributed by atoms with Crippen molar-refractivity contribution in [2.24, 2.45) is 5.92 Å². The van der Waals surface area contributed by atoms with Crippen LogP contribution in [-0.4, -0.2) is 30.0 Å². The van der Waals surface area contributed by atoms with E-state index in [2.05, 4.69) is 12.2 Å². The molecule has 0 spiro atoms. The molecule has 1 aliphatic rings. The summed E-state index contributed by atoms with van der Waals surface area (Å²) in [5.41, 5.74) is 3.43. The molecule has 0 bridgehead atoms. The number of anilines is 1. The van der Waals surface area contributed by atoms with Crippen LogP contribution in [0, 0.1) is 5.92 Å². The summed E-state index contributed by atoms with van der Waals surface area (Å²) in [6.07, 6.45) is -0.893. The van der Waals surface area contributed by atoms with Gasteiger partial charge in [-0.2, -0.15) is 0 Å². The molecule has 4 atom stereocenters. The van der Waals surface area contributed by atoms with Gasteiger partial charge in [-0.25, -0.2) is 0 Å². The van der Waals surface area contributed by atoms with Crippen molar-refractivity contribution in [3.8, 4) is 5.75 Å². The molecule has 1 aliphatic heterocycles. The molecular formula is C28H31NO5S. The van der Waals surface area contributed by atoms with E-state index in [9.17, 15) is 9.90 Å². The Balaban J connectivity index is 1.61. The van der Waals surface area contributed by atoms with Crippen LogP contribution in [0.2, 0.25) is 0 Å². The molecule has 1 amide bonds. The minimum absolute atomic E-state index is 0.00120. The number of nitrogens with one attached hydrogen (secondary N) is 1. The molecule has 0 saturated carbocycles. The Kier molecular flexibility index (Phi) is 8.46. The molecule has 184 valence electrons. The minimum Gasteiger partial charge on any atom is -0.496 e. The molecule has 0 radical (unpaired) electrons. The number of carbonyl (C=O) groups is 1. The van der Waals surface area contributed by atoms with Crippen LogP contribution in [-0.2, 0) is 20.9 Å². The number of para-hydroxylation sites is 1. The van der Waals surface area contributed by atoms with Gasteiger partial charge >= 0.3 is 0 Å². The van der Waals surface area contributed by atoms with Gasteiger partial charge in [0.2, 0.25) is 5.91 Å². The van der Waals surface area contributed by atoms with Crippen LogP contribution in [0.15, 0.2) is 77.7 Å². The maximum Gasteiger partial charge on any atom is 0.221 e. The largest absolute Gasteiger partial charge is 0.496 e. The number of carbonyl (C=O) groups excluding carboxylic acids is 1. The van der Waals surface area contributed by atoms with Gasteiger partial charge in [0.15, 0.2) is 6.29 Å². The fourth-order valence-electron chi connectivity index (χ4n) is 4.19. The Morgan fingerprint density at radius 2 is 1.80 bits per heavy atom. The van der Waals surface area contributed by atoms with Gasteiger partial charge in [0, 0.05) is 34.7 Å². The standard InChI is InChI=1S/C28H31NO5S/c1-18-25(17-35-26-10-5-4-9-24(26)32-3)33-28(22-7-6-8-23(15-22)29-19(2)31)34-27(18)21-13-11-20(16-30)12-14-21/h4-15,18,25,27-28,30H,16-17H2,1-3H3,(H,29,31)/t18-,25+,27+,28+/m1/s1. The molecule has 1 heterocycles. The summed E-state index contributed by atoms with van der Waals surface area (Å²) in [6, 6.07) is 23.4. The van der Waals surface area contributed by atoms with Crippen molar-refractivity contribution in [3.63, 3.8) is 0 Å². The maximum absolute atomic E-state index is 11.6. The first kappa shape index (κ1) is 25.3. The zero-order valence-corrected chi connectivity index (χ0v) is 21.0. The lowest BCUT2D eigenvalue weighted by Crippen LogP contribution is -2.38. The molecular weight excluding hydrogens is 462 g/mol. The predicted octanol–water partition coefficient (Wildman–Crippen LogP) is 5.73. The maximum atomic E-state index is 11.6. The number of rotatable bonds is 8. The first-order valence-electron chi connectivity index (χ1n) is 11.6. The molecule has 0 aromatic heterocycles. The Labute approximate surface area is 210 Å². The lowest BCUT2D eigenvalue weighted by Gasteiger charge is -2.41. The zero-order valence-electron chi connectivity index (χ0n) is 20.1. The molecule has 2 N–H and O–H groups in total. The van der Waals surface area contributed by atoms with Crippen LogP contribution in [0.25, 0.3) is 0 Å². The van der Waals surface area contributed by atoms with E-state index in [1.165, 1.54) is 6.92 Å². The second kappa shape index (κ2) is 11.7. The summed E-state index contributed by atoms with van der Waals surface area (Å²) in [6.45, 7) is 3.63. The number of aliphatic hydroxyl groups excluding tert-OH is 1. The summed E-state index contributed by atoms with van der Waals surface area (Å²) >= 11 is 1.70. The number of benzene rings is 3. The Morgan fingerprint density at radius 3 is 2.51 bits per heavy atom. The van der Waals surface area contributed by atoms with E-state index in [1.807, 2.05) is 72.8 Å². The number of aliphatic hydroxyl groups is 1. The molecule has 3 aromatic carbocycles. The third kappa shape index (κ3) is 6.24. The van der Waals surface area contributed by atoms with Gasteiger partial charge in [-0.05, 0) is 35.4 Å². The molecule has 7 heteroatoms. The van der Waals surface area contributed by atoms with Crippen LogP contribution in [0.1, 0.15) is 42.9 Å². The first-order chi connectivity index (χ1) is 17.0. The number of hydrogen-bond acceptors (Lipinski definition) is 6. The van der Waals surface area contributed by atoms with Crippen molar-refractivity contribution in [2.45, 2.75) is 43.8 Å². The van der Waals surface area contributed by atoms with Gasteiger partial charge < -0.3 is 24.6 Å². The molecule has 4 rings (SSSR count). The van der Waals surface area contributed by atoms with E-state index >= 15 is 0 Å². The quantitative estimate of drug-likeness (QED) is 0.390. The predicted molar refractivity (Wildman–Crippen MR) is 137 cm³/mol. The summed E-state index contributed by atoms with van der Waals surface area (Å²) in [7, 11) is 1.68. The second-order valence-electron chi connectivity index (χ2n) is 8.59. The van der Waals surface area contributed by atoms with Crippen LogP contribution < -0.4 is 10.1 Å². The molecule has 1 saturated heterocycles. The van der Waals surface area contributed by atoms with E-state index in [0.29, 0.717) is 5.69 Å². The molecule has 1 fully saturated rings. The van der Waals surface area contributed by atoms with Gasteiger partial charge in [0.1, 0.15) is 5.75 Å². The Bertz CT molecular complexity index is 1140. The summed E-state index contributed by atoms with van der Waals surface area (Å²) < 4.78 is 18.5. The van der Waals surface area contributed by atoms with Gasteiger partial charge in [-0.15, -0.1) is 11.8 Å². The number of amides is 1. The van der Waals surface area contributed by atoms with Crippen molar-refractivity contribution in [2.75, 3.05) is 18.2 Å². The van der Waals surface area contributed by atoms with E-state index in [0.717, 1.165) is 33.1 Å². The van der Waals surface area contributed by atoms with Crippen molar-refractivity contribution in [3.05, 3.63) is 89.5 Å². The number of ether oxygens (including phenoxy) is 3. The molecule has 3 aromatic rings. The Morgan fingerprint density at radius 1 is 1.03 bits per heavy atom. The normalized spacial score (nSPS) is 21.9. The van der Waals surface area contributed by atoms with Gasteiger partial charge in [-0.3, -0.25) is 4.79 Å². The average molecular weight is 494 g/mol. The lowest BCUT2D eigenvalue weighted by molar-refractivity contribution is -0.268. The van der Waals surface area contributed by atoms with Crippen molar-refractivity contribution < 1.29 is 24.1 Å². The monoisotopic (exact) mass is 493 g/mol. The van der Waals surface area contributed by atoms with Crippen LogP contribution >= 0.6 is 11.8 Å². The fraction of sp³-hybridized carbons (Fsp3) is 0.321. The average Bonchev–Trinajstić information content (AvgIpc) is 2.88. The number of methoxy groups -OCH3 is 1. The third-order valence-corrected chi connectivity index (χ3v) is 7.22. The van der Waals surface area contributed by atoms with Crippen LogP contribution in [0.5, 0.6) is 5.75 Å². The third-order valence-electron chi connectivity index (χ3n) is 6.07. The van der Waals surface area contributed by atoms with Crippen LogP contribution in [0.3, 0.4) is 0 Å².